The maximum absolute atomic E-state index is 14.8. The van der Waals surface area contributed by atoms with Gasteiger partial charge in [0.2, 0.25) is 0 Å². The lowest BCUT2D eigenvalue weighted by atomic mass is 9.33. The van der Waals surface area contributed by atoms with Crippen LogP contribution >= 0.6 is 0 Å². The third-order valence-electron chi connectivity index (χ3n) is 17.2. The molecule has 5 aliphatic carbocycles. The van der Waals surface area contributed by atoms with Gasteiger partial charge in [-0.15, -0.1) is 0 Å². The fourth-order valence-electron chi connectivity index (χ4n) is 13.4. The van der Waals surface area contributed by atoms with Gasteiger partial charge in [-0.3, -0.25) is 9.59 Å². The fourth-order valence-corrected chi connectivity index (χ4v) is 13.4. The Hall–Kier alpha value is -2.54. The van der Waals surface area contributed by atoms with Crippen LogP contribution in [0.5, 0.6) is 0 Å². The number of aliphatic hydroxyl groups is 5. The number of carbonyl (C=O) groups excluding carboxylic acids is 1. The largest absolute Gasteiger partial charge is 0.481 e. The van der Waals surface area contributed by atoms with Crippen LogP contribution in [-0.2, 0) is 38.1 Å². The number of ether oxygens (including phenoxy) is 4. The Morgan fingerprint density at radius 3 is 1.88 bits per heavy atom. The molecule has 7 aliphatic rings. The van der Waals surface area contributed by atoms with Gasteiger partial charge in [-0.25, -0.2) is 9.59 Å². The highest BCUT2D eigenvalue weighted by atomic mass is 16.8. The highest BCUT2D eigenvalue weighted by Gasteiger charge is 2.71. The summed E-state index contributed by atoms with van der Waals surface area (Å²) in [6.45, 7) is 14.8. The minimum atomic E-state index is -2.05. The quantitative estimate of drug-likeness (QED) is 0.171. The number of aliphatic carboxylic acids is 3. The Kier molecular flexibility index (Phi) is 10.7. The number of rotatable bonds is 7. The molecule has 8 N–H and O–H groups in total. The first-order chi connectivity index (χ1) is 26.8. The van der Waals surface area contributed by atoms with Crippen molar-refractivity contribution >= 4 is 23.7 Å². The Bertz CT molecular complexity index is 1730. The molecule has 2 aliphatic heterocycles. The van der Waals surface area contributed by atoms with Crippen LogP contribution in [0.3, 0.4) is 0 Å². The van der Waals surface area contributed by atoms with E-state index in [1.54, 1.807) is 0 Å². The van der Waals surface area contributed by atoms with Crippen LogP contribution in [0.15, 0.2) is 11.6 Å². The zero-order valence-electron chi connectivity index (χ0n) is 34.4. The van der Waals surface area contributed by atoms with E-state index in [1.807, 2.05) is 26.8 Å². The standard InChI is InChI=1S/C42H62O16/c1-37(2)21-8-11-42(7)31(20(43)16-18-19-17-39(4,36(53)54)13-12-38(19,3)14-15-41(18,42)6)40(21,5)10-9-22(37)55-35-30(26(47)25(46)29(57-35)33(51)52)58-34-27(48)23(44)24(45)28(56-34)32(49)50/h16,19,21-31,34-35,44-48H,8-15,17H2,1-7H3,(H,49,50)(H,51,52)(H,53,54)/t19-,21-,22-,23-,24+,25+,26-,27?,28?,29?,30?,31?,34-,35+,38+,39-,40-,41+,42+/m0/s1. The van der Waals surface area contributed by atoms with E-state index >= 15 is 0 Å². The Morgan fingerprint density at radius 2 is 1.28 bits per heavy atom. The van der Waals surface area contributed by atoms with Gasteiger partial charge in [-0.05, 0) is 110 Å². The van der Waals surface area contributed by atoms with Gasteiger partial charge in [-0.2, -0.15) is 0 Å². The third-order valence-corrected chi connectivity index (χ3v) is 17.2. The summed E-state index contributed by atoms with van der Waals surface area (Å²) in [4.78, 5) is 51.3. The van der Waals surface area contributed by atoms with Crippen molar-refractivity contribution in [3.05, 3.63) is 11.6 Å². The predicted octanol–water partition coefficient (Wildman–Crippen LogP) is 2.25. The molecule has 16 nitrogen and oxygen atoms in total. The van der Waals surface area contributed by atoms with Crippen molar-refractivity contribution in [3.8, 4) is 0 Å². The molecular weight excluding hydrogens is 760 g/mol. The number of ketones is 1. The molecular formula is C42H62O16. The molecule has 7 rings (SSSR count). The summed E-state index contributed by atoms with van der Waals surface area (Å²) < 4.78 is 23.4. The molecule has 6 fully saturated rings. The van der Waals surface area contributed by atoms with Gasteiger partial charge in [0.15, 0.2) is 30.6 Å². The van der Waals surface area contributed by atoms with E-state index in [0.717, 1.165) is 37.7 Å². The molecule has 2 heterocycles. The fraction of sp³-hybridized carbons (Fsp3) is 0.857. The summed E-state index contributed by atoms with van der Waals surface area (Å²) in [7, 11) is 0. The molecule has 2 saturated heterocycles. The number of fused-ring (bicyclic) bond motifs is 7. The zero-order chi connectivity index (χ0) is 42.9. The van der Waals surface area contributed by atoms with Crippen LogP contribution < -0.4 is 0 Å². The van der Waals surface area contributed by atoms with E-state index < -0.39 is 107 Å². The Labute approximate surface area is 337 Å². The van der Waals surface area contributed by atoms with Crippen molar-refractivity contribution < 1.29 is 79.0 Å². The molecule has 0 aromatic carbocycles. The topological polar surface area (TPSA) is 267 Å². The van der Waals surface area contributed by atoms with Crippen molar-refractivity contribution in [1.29, 1.82) is 0 Å². The minimum absolute atomic E-state index is 0.0217. The van der Waals surface area contributed by atoms with E-state index in [1.165, 1.54) is 0 Å². The summed E-state index contributed by atoms with van der Waals surface area (Å²) in [6.07, 6.45) is -12.2. The first-order valence-electron chi connectivity index (χ1n) is 20.7. The smallest absolute Gasteiger partial charge is 0.335 e. The van der Waals surface area contributed by atoms with E-state index in [4.69, 9.17) is 18.9 Å². The summed E-state index contributed by atoms with van der Waals surface area (Å²) in [5.41, 5.74) is -1.81. The van der Waals surface area contributed by atoms with Crippen molar-refractivity contribution in [3.63, 3.8) is 0 Å². The molecule has 19 atom stereocenters. The first kappa shape index (κ1) is 43.5. The van der Waals surface area contributed by atoms with Crippen molar-refractivity contribution in [2.45, 2.75) is 174 Å². The van der Waals surface area contributed by atoms with E-state index in [-0.39, 0.29) is 34.4 Å². The maximum atomic E-state index is 14.8. The summed E-state index contributed by atoms with van der Waals surface area (Å²) >= 11 is 0. The van der Waals surface area contributed by atoms with Crippen molar-refractivity contribution in [2.24, 2.45) is 50.2 Å². The second kappa shape index (κ2) is 14.3. The minimum Gasteiger partial charge on any atom is -0.481 e. The molecule has 5 unspecified atom stereocenters. The second-order valence-corrected chi connectivity index (χ2v) is 20.6. The number of hydrogen-bond acceptors (Lipinski definition) is 13. The summed E-state index contributed by atoms with van der Waals surface area (Å²) in [5.74, 6) is -4.47. The van der Waals surface area contributed by atoms with Crippen molar-refractivity contribution in [2.75, 3.05) is 0 Å². The monoisotopic (exact) mass is 822 g/mol. The first-order valence-corrected chi connectivity index (χ1v) is 20.7. The van der Waals surface area contributed by atoms with Gasteiger partial charge in [0.05, 0.1) is 11.5 Å². The van der Waals surface area contributed by atoms with Gasteiger partial charge in [0, 0.05) is 5.92 Å². The molecule has 0 aromatic heterocycles. The molecule has 326 valence electrons. The van der Waals surface area contributed by atoms with E-state index in [9.17, 15) is 60.0 Å². The normalized spacial score (nSPS) is 52.6. The highest BCUT2D eigenvalue weighted by molar-refractivity contribution is 5.95. The van der Waals surface area contributed by atoms with Gasteiger partial charge >= 0.3 is 17.9 Å². The van der Waals surface area contributed by atoms with Crippen LogP contribution in [-0.4, -0.2) is 132 Å². The molecule has 0 spiro atoms. The van der Waals surface area contributed by atoms with Crippen LogP contribution in [0.4, 0.5) is 0 Å². The Balaban J connectivity index is 1.17. The number of allylic oxidation sites excluding steroid dienone is 2. The van der Waals surface area contributed by atoms with E-state index in [2.05, 4.69) is 27.7 Å². The van der Waals surface area contributed by atoms with Gasteiger partial charge < -0.3 is 59.8 Å². The van der Waals surface area contributed by atoms with Crippen LogP contribution in [0, 0.1) is 50.2 Å². The zero-order valence-corrected chi connectivity index (χ0v) is 34.4. The number of carbonyl (C=O) groups is 4. The number of carboxylic acids is 3. The van der Waals surface area contributed by atoms with E-state index in [0.29, 0.717) is 25.7 Å². The SMILES string of the molecule is CC1(C)[C@@H](O[C@@H]2OC(C(=O)O)[C@H](O)[C@H](O)C2O[C@@H]2OC(C(=O)O)[C@H](O)[C@H](O)C2O)CC[C@]2(C)C3C(=O)C=C4[C@@H]5C[C@@](C)(C(=O)O)CC[C@]5(C)CC[C@@]4(C)[C@]3(C)CC[C@@H]12. The van der Waals surface area contributed by atoms with Gasteiger partial charge in [-0.1, -0.05) is 47.1 Å². The third kappa shape index (κ3) is 6.25. The van der Waals surface area contributed by atoms with Gasteiger partial charge in [0.1, 0.15) is 36.6 Å². The number of aliphatic hydroxyl groups excluding tert-OH is 5. The van der Waals surface area contributed by atoms with Crippen LogP contribution in [0.25, 0.3) is 0 Å². The summed E-state index contributed by atoms with van der Waals surface area (Å²) in [6, 6.07) is 0. The molecule has 0 aromatic rings. The lowest BCUT2D eigenvalue weighted by molar-refractivity contribution is -0.371. The Morgan fingerprint density at radius 1 is 0.690 bits per heavy atom. The molecule has 58 heavy (non-hydrogen) atoms. The van der Waals surface area contributed by atoms with Gasteiger partial charge in [0.25, 0.3) is 0 Å². The average molecular weight is 823 g/mol. The average Bonchev–Trinajstić information content (AvgIpc) is 3.13. The highest BCUT2D eigenvalue weighted by Crippen LogP contribution is 2.75. The van der Waals surface area contributed by atoms with Crippen molar-refractivity contribution in [1.82, 2.24) is 0 Å². The van der Waals surface area contributed by atoms with Crippen LogP contribution in [0.1, 0.15) is 106 Å². The molecule has 4 saturated carbocycles. The predicted molar refractivity (Wildman–Crippen MR) is 199 cm³/mol. The number of carboxylic acid groups (broad SMARTS) is 3. The summed E-state index contributed by atoms with van der Waals surface area (Å²) in [5, 5.41) is 83.0. The lowest BCUT2D eigenvalue weighted by Gasteiger charge is -2.70. The molecule has 0 bridgehead atoms. The second-order valence-electron chi connectivity index (χ2n) is 20.6. The maximum Gasteiger partial charge on any atom is 0.335 e. The molecule has 16 heteroatoms. The molecule has 0 radical (unpaired) electrons. The molecule has 0 amide bonds. The lowest BCUT2D eigenvalue weighted by Crippen LogP contribution is -2.68. The van der Waals surface area contributed by atoms with Crippen LogP contribution in [0.2, 0.25) is 0 Å². The number of hydrogen-bond donors (Lipinski definition) is 8.